The highest BCUT2D eigenvalue weighted by atomic mass is 32.1. The summed E-state index contributed by atoms with van der Waals surface area (Å²) < 4.78 is 0. The lowest BCUT2D eigenvalue weighted by molar-refractivity contribution is 0.0957. The van der Waals surface area contributed by atoms with Crippen LogP contribution in [0.4, 0.5) is 0 Å². The van der Waals surface area contributed by atoms with Gasteiger partial charge in [-0.05, 0) is 19.9 Å². The topological polar surface area (TPSA) is 54.0 Å². The van der Waals surface area contributed by atoms with Crippen molar-refractivity contribution < 1.29 is 4.79 Å². The van der Waals surface area contributed by atoms with Crippen LogP contribution in [0.5, 0.6) is 0 Å². The highest BCUT2D eigenvalue weighted by Gasteiger charge is 2.15. The Balaban J connectivity index is 1.97. The van der Waals surface area contributed by atoms with Crippen LogP contribution < -0.4 is 10.6 Å². The molecule has 0 aliphatic carbocycles. The third-order valence-electron chi connectivity index (χ3n) is 3.04. The van der Waals surface area contributed by atoms with Gasteiger partial charge < -0.3 is 10.6 Å². The molecule has 4 nitrogen and oxygen atoms in total. The standard InChI is InChI=1S/C16H21N3OS/c1-3-9-17-10-11-18-15(20)14-12(2)19-16(21-14)13-7-5-4-6-8-13/h4-8,17H,3,9-11H2,1-2H3,(H,18,20). The first-order valence-corrected chi connectivity index (χ1v) is 8.05. The minimum Gasteiger partial charge on any atom is -0.350 e. The molecule has 0 saturated heterocycles. The maximum Gasteiger partial charge on any atom is 0.263 e. The summed E-state index contributed by atoms with van der Waals surface area (Å²) in [6.07, 6.45) is 1.10. The van der Waals surface area contributed by atoms with Crippen molar-refractivity contribution in [2.24, 2.45) is 0 Å². The van der Waals surface area contributed by atoms with Gasteiger partial charge in [-0.1, -0.05) is 37.3 Å². The summed E-state index contributed by atoms with van der Waals surface area (Å²) in [4.78, 5) is 17.4. The monoisotopic (exact) mass is 303 g/mol. The fraction of sp³-hybridized carbons (Fsp3) is 0.375. The summed E-state index contributed by atoms with van der Waals surface area (Å²) in [6.45, 7) is 6.41. The lowest BCUT2D eigenvalue weighted by Crippen LogP contribution is -2.32. The molecule has 1 aromatic heterocycles. The van der Waals surface area contributed by atoms with Gasteiger partial charge in [-0.15, -0.1) is 11.3 Å². The van der Waals surface area contributed by atoms with Crippen LogP contribution in [0.1, 0.15) is 28.7 Å². The smallest absolute Gasteiger partial charge is 0.263 e. The van der Waals surface area contributed by atoms with Crippen molar-refractivity contribution in [1.82, 2.24) is 15.6 Å². The van der Waals surface area contributed by atoms with Gasteiger partial charge in [0.15, 0.2) is 0 Å². The Kier molecular flexibility index (Phi) is 5.90. The number of carbonyl (C=O) groups is 1. The third-order valence-corrected chi connectivity index (χ3v) is 4.24. The predicted molar refractivity (Wildman–Crippen MR) is 87.8 cm³/mol. The van der Waals surface area contributed by atoms with Gasteiger partial charge in [0, 0.05) is 18.7 Å². The molecule has 0 radical (unpaired) electrons. The highest BCUT2D eigenvalue weighted by molar-refractivity contribution is 7.17. The second-order valence-electron chi connectivity index (χ2n) is 4.81. The first kappa shape index (κ1) is 15.7. The first-order valence-electron chi connectivity index (χ1n) is 7.24. The van der Waals surface area contributed by atoms with E-state index in [2.05, 4.69) is 22.5 Å². The van der Waals surface area contributed by atoms with Gasteiger partial charge >= 0.3 is 0 Å². The molecule has 1 amide bonds. The van der Waals surface area contributed by atoms with Crippen LogP contribution in [0.15, 0.2) is 30.3 Å². The summed E-state index contributed by atoms with van der Waals surface area (Å²) in [7, 11) is 0. The minimum atomic E-state index is -0.0366. The number of nitrogens with zero attached hydrogens (tertiary/aromatic N) is 1. The predicted octanol–water partition coefficient (Wildman–Crippen LogP) is 2.85. The lowest BCUT2D eigenvalue weighted by Gasteiger charge is -2.04. The van der Waals surface area contributed by atoms with E-state index in [0.717, 1.165) is 35.8 Å². The average molecular weight is 303 g/mol. The van der Waals surface area contributed by atoms with E-state index in [-0.39, 0.29) is 5.91 Å². The van der Waals surface area contributed by atoms with E-state index in [9.17, 15) is 4.79 Å². The number of aromatic nitrogens is 1. The normalized spacial score (nSPS) is 10.6. The van der Waals surface area contributed by atoms with Crippen molar-refractivity contribution in [3.05, 3.63) is 40.9 Å². The van der Waals surface area contributed by atoms with Crippen LogP contribution in [0.3, 0.4) is 0 Å². The number of thiazole rings is 1. The lowest BCUT2D eigenvalue weighted by atomic mass is 10.2. The molecular weight excluding hydrogens is 282 g/mol. The van der Waals surface area contributed by atoms with E-state index in [1.165, 1.54) is 11.3 Å². The van der Waals surface area contributed by atoms with Crippen molar-refractivity contribution in [3.8, 4) is 10.6 Å². The Bertz CT molecular complexity index is 580. The SMILES string of the molecule is CCCNCCNC(=O)c1sc(-c2ccccc2)nc1C. The number of aryl methyl sites for hydroxylation is 1. The molecule has 0 aliphatic heterocycles. The number of benzene rings is 1. The van der Waals surface area contributed by atoms with Crippen LogP contribution >= 0.6 is 11.3 Å². The molecule has 2 rings (SSSR count). The third kappa shape index (κ3) is 4.37. The van der Waals surface area contributed by atoms with Gasteiger partial charge in [0.05, 0.1) is 5.69 Å². The van der Waals surface area contributed by atoms with Crippen LogP contribution in [-0.4, -0.2) is 30.5 Å². The minimum absolute atomic E-state index is 0.0366. The Morgan fingerprint density at radius 3 is 2.67 bits per heavy atom. The number of carbonyl (C=O) groups excluding carboxylic acids is 1. The molecule has 0 aliphatic rings. The van der Waals surface area contributed by atoms with Crippen LogP contribution in [0.2, 0.25) is 0 Å². The average Bonchev–Trinajstić information content (AvgIpc) is 2.90. The second kappa shape index (κ2) is 7.90. The Labute approximate surface area is 129 Å². The maximum absolute atomic E-state index is 12.2. The molecule has 0 spiro atoms. The maximum atomic E-state index is 12.2. The van der Waals surface area contributed by atoms with E-state index in [4.69, 9.17) is 0 Å². The Morgan fingerprint density at radius 1 is 1.19 bits per heavy atom. The number of nitrogens with one attached hydrogen (secondary N) is 2. The highest BCUT2D eigenvalue weighted by Crippen LogP contribution is 2.27. The molecule has 21 heavy (non-hydrogen) atoms. The van der Waals surface area contributed by atoms with Crippen molar-refractivity contribution in [2.75, 3.05) is 19.6 Å². The largest absolute Gasteiger partial charge is 0.350 e. The van der Waals surface area contributed by atoms with Crippen LogP contribution in [0, 0.1) is 6.92 Å². The number of hydrogen-bond acceptors (Lipinski definition) is 4. The van der Waals surface area contributed by atoms with Gasteiger partial charge in [0.2, 0.25) is 0 Å². The molecule has 0 saturated carbocycles. The number of rotatable bonds is 7. The zero-order valence-corrected chi connectivity index (χ0v) is 13.3. The van der Waals surface area contributed by atoms with E-state index >= 15 is 0 Å². The van der Waals surface area contributed by atoms with Crippen molar-refractivity contribution in [3.63, 3.8) is 0 Å². The summed E-state index contributed by atoms with van der Waals surface area (Å²) in [5.41, 5.74) is 1.84. The summed E-state index contributed by atoms with van der Waals surface area (Å²) in [6, 6.07) is 9.95. The molecule has 2 N–H and O–H groups in total. The van der Waals surface area contributed by atoms with Crippen molar-refractivity contribution >= 4 is 17.2 Å². The molecule has 0 bridgehead atoms. The number of hydrogen-bond donors (Lipinski definition) is 2. The fourth-order valence-corrected chi connectivity index (χ4v) is 2.95. The molecule has 2 aromatic rings. The Morgan fingerprint density at radius 2 is 1.95 bits per heavy atom. The zero-order chi connectivity index (χ0) is 15.1. The molecule has 5 heteroatoms. The van der Waals surface area contributed by atoms with Gasteiger partial charge in [-0.25, -0.2) is 4.98 Å². The number of amides is 1. The van der Waals surface area contributed by atoms with Gasteiger partial charge in [0.1, 0.15) is 9.88 Å². The molecule has 112 valence electrons. The molecule has 0 unspecified atom stereocenters. The van der Waals surface area contributed by atoms with Crippen molar-refractivity contribution in [2.45, 2.75) is 20.3 Å². The van der Waals surface area contributed by atoms with Gasteiger partial charge in [-0.3, -0.25) is 4.79 Å². The molecule has 1 heterocycles. The quantitative estimate of drug-likeness (QED) is 0.773. The van der Waals surface area contributed by atoms with E-state index in [1.54, 1.807) is 0 Å². The zero-order valence-electron chi connectivity index (χ0n) is 12.5. The Hall–Kier alpha value is -1.72. The van der Waals surface area contributed by atoms with Crippen molar-refractivity contribution in [1.29, 1.82) is 0 Å². The van der Waals surface area contributed by atoms with E-state index in [1.807, 2.05) is 37.3 Å². The fourth-order valence-electron chi connectivity index (χ4n) is 1.96. The molecule has 1 aromatic carbocycles. The summed E-state index contributed by atoms with van der Waals surface area (Å²) >= 11 is 1.45. The van der Waals surface area contributed by atoms with Crippen LogP contribution in [0.25, 0.3) is 10.6 Å². The molecular formula is C16H21N3OS. The first-order chi connectivity index (χ1) is 10.2. The van der Waals surface area contributed by atoms with Gasteiger partial charge in [0.25, 0.3) is 5.91 Å². The molecule has 0 fully saturated rings. The summed E-state index contributed by atoms with van der Waals surface area (Å²) in [5.74, 6) is -0.0366. The van der Waals surface area contributed by atoms with E-state index < -0.39 is 0 Å². The molecule has 0 atom stereocenters. The summed E-state index contributed by atoms with van der Waals surface area (Å²) in [5, 5.41) is 7.08. The van der Waals surface area contributed by atoms with Gasteiger partial charge in [-0.2, -0.15) is 0 Å². The van der Waals surface area contributed by atoms with E-state index in [0.29, 0.717) is 11.4 Å². The second-order valence-corrected chi connectivity index (χ2v) is 5.80. The van der Waals surface area contributed by atoms with Crippen LogP contribution in [-0.2, 0) is 0 Å².